The Hall–Kier alpha value is -2.85. The van der Waals surface area contributed by atoms with E-state index in [1.807, 2.05) is 35.0 Å². The van der Waals surface area contributed by atoms with E-state index in [4.69, 9.17) is 0 Å². The van der Waals surface area contributed by atoms with E-state index in [9.17, 15) is 10.1 Å². The molecule has 1 aliphatic rings. The highest BCUT2D eigenvalue weighted by atomic mass is 32.2. The molecule has 1 fully saturated rings. The highest BCUT2D eigenvalue weighted by Gasteiger charge is 2.36. The first-order valence-electron chi connectivity index (χ1n) is 8.36. The number of thioether (sulfide) groups is 1. The lowest BCUT2D eigenvalue weighted by Gasteiger charge is -2.21. The van der Waals surface area contributed by atoms with Gasteiger partial charge in [0.15, 0.2) is 5.65 Å². The molecule has 1 amide bonds. The van der Waals surface area contributed by atoms with Gasteiger partial charge in [0.25, 0.3) is 5.91 Å². The molecular weight excluding hydrogens is 346 g/mol. The number of nitrogens with one attached hydrogen (secondary N) is 1. The molecule has 7 heteroatoms. The third-order valence-corrected chi connectivity index (χ3v) is 5.69. The van der Waals surface area contributed by atoms with Gasteiger partial charge in [-0.2, -0.15) is 22.1 Å². The van der Waals surface area contributed by atoms with Crippen LogP contribution in [0.1, 0.15) is 22.3 Å². The summed E-state index contributed by atoms with van der Waals surface area (Å²) in [6, 6.07) is 14.1. The fourth-order valence-corrected chi connectivity index (χ4v) is 4.30. The number of nitrogens with zero attached hydrogens (tertiary/aromatic N) is 4. The van der Waals surface area contributed by atoms with Crippen LogP contribution < -0.4 is 5.32 Å². The largest absolute Gasteiger partial charge is 0.333 e. The second kappa shape index (κ2) is 6.81. The number of benzene rings is 1. The maximum atomic E-state index is 12.6. The molecule has 0 saturated carbocycles. The van der Waals surface area contributed by atoms with Gasteiger partial charge < -0.3 is 5.32 Å². The number of hydrogen-bond acceptors (Lipinski definition) is 5. The normalized spacial score (nSPS) is 19.3. The monoisotopic (exact) mass is 363 g/mol. The van der Waals surface area contributed by atoms with E-state index >= 15 is 0 Å². The van der Waals surface area contributed by atoms with Crippen LogP contribution in [0.15, 0.2) is 48.8 Å². The van der Waals surface area contributed by atoms with Crippen LogP contribution in [0.3, 0.4) is 0 Å². The van der Waals surface area contributed by atoms with Crippen molar-refractivity contribution in [1.82, 2.24) is 20.1 Å². The average Bonchev–Trinajstić information content (AvgIpc) is 3.30. The van der Waals surface area contributed by atoms with Gasteiger partial charge in [-0.3, -0.25) is 4.79 Å². The van der Waals surface area contributed by atoms with Crippen LogP contribution in [0.5, 0.6) is 0 Å². The van der Waals surface area contributed by atoms with Crippen molar-refractivity contribution in [2.24, 2.45) is 0 Å². The summed E-state index contributed by atoms with van der Waals surface area (Å²) in [5, 5.41) is 17.5. The van der Waals surface area contributed by atoms with Crippen LogP contribution >= 0.6 is 11.8 Å². The van der Waals surface area contributed by atoms with Gasteiger partial charge in [-0.25, -0.2) is 9.67 Å². The van der Waals surface area contributed by atoms with Crippen LogP contribution in [-0.4, -0.2) is 37.7 Å². The van der Waals surface area contributed by atoms with Gasteiger partial charge in [-0.15, -0.1) is 0 Å². The van der Waals surface area contributed by atoms with E-state index in [0.29, 0.717) is 24.3 Å². The highest BCUT2D eigenvalue weighted by Crippen LogP contribution is 2.27. The summed E-state index contributed by atoms with van der Waals surface area (Å²) in [5.41, 5.74) is 1.55. The van der Waals surface area contributed by atoms with Crippen LogP contribution in [0.4, 0.5) is 0 Å². The molecule has 4 rings (SSSR count). The van der Waals surface area contributed by atoms with E-state index in [0.717, 1.165) is 22.3 Å². The number of hydrogen-bond donors (Lipinski definition) is 1. The zero-order valence-electron chi connectivity index (χ0n) is 14.1. The van der Waals surface area contributed by atoms with E-state index in [-0.39, 0.29) is 5.91 Å². The quantitative estimate of drug-likeness (QED) is 0.770. The molecule has 0 spiro atoms. The second-order valence-electron chi connectivity index (χ2n) is 6.38. The first-order chi connectivity index (χ1) is 12.7. The van der Waals surface area contributed by atoms with E-state index in [1.54, 1.807) is 30.2 Å². The third-order valence-electron chi connectivity index (χ3n) is 4.50. The van der Waals surface area contributed by atoms with Gasteiger partial charge in [0, 0.05) is 17.3 Å². The molecule has 1 aliphatic heterocycles. The number of fused-ring (bicyclic) bond motifs is 1. The van der Waals surface area contributed by atoms with Crippen molar-refractivity contribution < 1.29 is 4.79 Å². The van der Waals surface area contributed by atoms with E-state index < -0.39 is 5.54 Å². The van der Waals surface area contributed by atoms with Gasteiger partial charge >= 0.3 is 0 Å². The topological polar surface area (TPSA) is 83.6 Å². The van der Waals surface area contributed by atoms with Gasteiger partial charge in [0.1, 0.15) is 5.54 Å². The predicted molar refractivity (Wildman–Crippen MR) is 101 cm³/mol. The highest BCUT2D eigenvalue weighted by molar-refractivity contribution is 7.99. The minimum absolute atomic E-state index is 0.265. The number of amides is 1. The summed E-state index contributed by atoms with van der Waals surface area (Å²) in [7, 11) is 0. The first-order valence-corrected chi connectivity index (χ1v) is 9.52. The molecule has 1 unspecified atom stereocenters. The lowest BCUT2D eigenvalue weighted by molar-refractivity contribution is 0.0926. The van der Waals surface area contributed by atoms with Crippen molar-refractivity contribution in [3.8, 4) is 6.07 Å². The molecule has 2 aromatic heterocycles. The molecule has 26 heavy (non-hydrogen) atoms. The number of nitriles is 1. The van der Waals surface area contributed by atoms with Crippen molar-refractivity contribution in [1.29, 1.82) is 5.26 Å². The van der Waals surface area contributed by atoms with Crippen LogP contribution in [0, 0.1) is 11.3 Å². The minimum Gasteiger partial charge on any atom is -0.333 e. The Morgan fingerprint density at radius 2 is 2.19 bits per heavy atom. The van der Waals surface area contributed by atoms with Gasteiger partial charge in [0.05, 0.1) is 24.4 Å². The Labute approximate surface area is 155 Å². The first kappa shape index (κ1) is 16.6. The Bertz CT molecular complexity index is 986. The summed E-state index contributed by atoms with van der Waals surface area (Å²) in [6.07, 6.45) is 3.94. The molecule has 1 saturated heterocycles. The van der Waals surface area contributed by atoms with Crippen LogP contribution in [0.25, 0.3) is 11.0 Å². The average molecular weight is 363 g/mol. The van der Waals surface area contributed by atoms with Gasteiger partial charge in [-0.1, -0.05) is 30.3 Å². The van der Waals surface area contributed by atoms with Gasteiger partial charge in [-0.05, 0) is 23.8 Å². The summed E-state index contributed by atoms with van der Waals surface area (Å²) >= 11 is 1.68. The van der Waals surface area contributed by atoms with Crippen molar-refractivity contribution in [2.45, 2.75) is 18.5 Å². The standard InChI is InChI=1S/C19H17N5OS/c20-12-19(6-7-26-13-19)23-18(25)16-8-15-10-22-24(17(15)21-9-16)11-14-4-2-1-3-5-14/h1-5,8-10H,6-7,11,13H2,(H,23,25). The molecule has 3 heterocycles. The second-order valence-corrected chi connectivity index (χ2v) is 7.48. The maximum Gasteiger partial charge on any atom is 0.254 e. The Morgan fingerprint density at radius 1 is 1.35 bits per heavy atom. The molecule has 0 aliphatic carbocycles. The molecule has 130 valence electrons. The van der Waals surface area contributed by atoms with Crippen LogP contribution in [0.2, 0.25) is 0 Å². The number of pyridine rings is 1. The summed E-state index contributed by atoms with van der Waals surface area (Å²) < 4.78 is 1.82. The van der Waals surface area contributed by atoms with E-state index in [1.165, 1.54) is 0 Å². The number of carbonyl (C=O) groups is 1. The smallest absolute Gasteiger partial charge is 0.254 e. The fourth-order valence-electron chi connectivity index (χ4n) is 3.04. The maximum absolute atomic E-state index is 12.6. The summed E-state index contributed by atoms with van der Waals surface area (Å²) in [4.78, 5) is 17.0. The van der Waals surface area contributed by atoms with Crippen molar-refractivity contribution in [2.75, 3.05) is 11.5 Å². The molecule has 0 bridgehead atoms. The molecule has 6 nitrogen and oxygen atoms in total. The van der Waals surface area contributed by atoms with Crippen LogP contribution in [-0.2, 0) is 6.54 Å². The molecular formula is C19H17N5OS. The minimum atomic E-state index is -0.770. The molecule has 1 atom stereocenters. The summed E-state index contributed by atoms with van der Waals surface area (Å²) in [5.74, 6) is 1.25. The lowest BCUT2D eigenvalue weighted by Crippen LogP contribution is -2.47. The predicted octanol–water partition coefficient (Wildman–Crippen LogP) is 2.61. The number of carbonyl (C=O) groups excluding carboxylic acids is 1. The Balaban J connectivity index is 1.57. The lowest BCUT2D eigenvalue weighted by atomic mass is 10.0. The molecule has 3 aromatic rings. The zero-order valence-corrected chi connectivity index (χ0v) is 14.9. The molecule has 0 radical (unpaired) electrons. The fraction of sp³-hybridized carbons (Fsp3) is 0.263. The van der Waals surface area contributed by atoms with Gasteiger partial charge in [0.2, 0.25) is 0 Å². The molecule has 1 N–H and O–H groups in total. The molecule has 1 aromatic carbocycles. The van der Waals surface area contributed by atoms with Crippen molar-refractivity contribution in [3.05, 3.63) is 59.9 Å². The van der Waals surface area contributed by atoms with Crippen molar-refractivity contribution >= 4 is 28.7 Å². The zero-order chi connectivity index (χ0) is 18.0. The third kappa shape index (κ3) is 3.16. The SMILES string of the molecule is N#CC1(NC(=O)c2cnc3c(cnn3Cc3ccccc3)c2)CCSC1. The van der Waals surface area contributed by atoms with Crippen molar-refractivity contribution in [3.63, 3.8) is 0 Å². The number of rotatable bonds is 4. The van der Waals surface area contributed by atoms with E-state index in [2.05, 4.69) is 21.5 Å². The Morgan fingerprint density at radius 3 is 2.92 bits per heavy atom. The Kier molecular flexibility index (Phi) is 4.35. The summed E-state index contributed by atoms with van der Waals surface area (Å²) in [6.45, 7) is 0.623. The number of aromatic nitrogens is 3.